The third kappa shape index (κ3) is 7.84. The van der Waals surface area contributed by atoms with Crippen molar-refractivity contribution in [2.24, 2.45) is 19.1 Å². The lowest BCUT2D eigenvalue weighted by molar-refractivity contribution is -0.740. The highest BCUT2D eigenvalue weighted by molar-refractivity contribution is 5.90. The zero-order valence-corrected chi connectivity index (χ0v) is 24.8. The van der Waals surface area contributed by atoms with Gasteiger partial charge in [0.15, 0.2) is 7.05 Å². The van der Waals surface area contributed by atoms with Crippen molar-refractivity contribution in [1.29, 1.82) is 0 Å². The van der Waals surface area contributed by atoms with Crippen LogP contribution in [-0.2, 0) is 20.3 Å². The zero-order valence-electron chi connectivity index (χ0n) is 24.8. The van der Waals surface area contributed by atoms with Gasteiger partial charge in [0.05, 0.1) is 24.0 Å². The van der Waals surface area contributed by atoms with Crippen molar-refractivity contribution in [1.82, 2.24) is 9.67 Å². The summed E-state index contributed by atoms with van der Waals surface area (Å²) < 4.78 is 60.3. The fraction of sp³-hybridized carbons (Fsp3) is 0.0833. The first-order valence-corrected chi connectivity index (χ1v) is 14.1. The summed E-state index contributed by atoms with van der Waals surface area (Å²) in [5, 5.41) is 12.2. The summed E-state index contributed by atoms with van der Waals surface area (Å²) >= 11 is 0. The Bertz CT molecular complexity index is 1860. The minimum Gasteiger partial charge on any atom is -0.857 e. The molecule has 0 unspecified atom stereocenters. The fourth-order valence-electron chi connectivity index (χ4n) is 4.51. The highest BCUT2D eigenvalue weighted by atomic mass is 19.4. The quantitative estimate of drug-likeness (QED) is 0.0828. The van der Waals surface area contributed by atoms with Gasteiger partial charge in [-0.3, -0.25) is 4.99 Å². The molecule has 0 aliphatic carbocycles. The minimum atomic E-state index is -4.44. The Balaban J connectivity index is 0.000000192. The maximum atomic E-state index is 12.9. The SMILES string of the molecule is Cn1c(-c2ccccc2)cc(-c2ccccc2)[n+]1C.[O-]C(=Nc1ccc(F)cc1)c1cccc(Oc2ccc(C(F)(F)F)cc2)n1. The molecule has 0 spiro atoms. The lowest BCUT2D eigenvalue weighted by Crippen LogP contribution is -2.39. The monoisotopic (exact) mass is 624 g/mol. The van der Waals surface area contributed by atoms with Crippen LogP contribution in [0.5, 0.6) is 11.6 Å². The van der Waals surface area contributed by atoms with Crippen LogP contribution in [0.2, 0.25) is 0 Å². The maximum absolute atomic E-state index is 12.9. The molecule has 10 heteroatoms. The van der Waals surface area contributed by atoms with Gasteiger partial charge in [0.1, 0.15) is 17.3 Å². The predicted molar refractivity (Wildman–Crippen MR) is 166 cm³/mol. The molecule has 6 rings (SSSR count). The Kier molecular flexibility index (Phi) is 9.56. The number of aliphatic imine (C=N–C) groups is 1. The summed E-state index contributed by atoms with van der Waals surface area (Å²) in [6.45, 7) is 0. The number of hydrogen-bond acceptors (Lipinski definition) is 4. The fourth-order valence-corrected chi connectivity index (χ4v) is 4.51. The molecule has 0 atom stereocenters. The van der Waals surface area contributed by atoms with Crippen LogP contribution in [0.3, 0.4) is 0 Å². The zero-order chi connectivity index (χ0) is 32.7. The Hall–Kier alpha value is -5.77. The second-order valence-electron chi connectivity index (χ2n) is 10.1. The first-order valence-electron chi connectivity index (χ1n) is 14.1. The van der Waals surface area contributed by atoms with Crippen LogP contribution in [0, 0.1) is 5.82 Å². The van der Waals surface area contributed by atoms with E-state index >= 15 is 0 Å². The van der Waals surface area contributed by atoms with Gasteiger partial charge in [-0.15, -0.1) is 4.68 Å². The van der Waals surface area contributed by atoms with E-state index in [0.717, 1.165) is 24.3 Å². The summed E-state index contributed by atoms with van der Waals surface area (Å²) in [5.74, 6) is -0.962. The Morgan fingerprint density at radius 3 is 2.00 bits per heavy atom. The number of halogens is 4. The van der Waals surface area contributed by atoms with Gasteiger partial charge in [0, 0.05) is 29.2 Å². The molecule has 0 aliphatic rings. The molecule has 0 radical (unpaired) electrons. The molecule has 6 aromatic rings. The molecule has 0 saturated carbocycles. The van der Waals surface area contributed by atoms with Crippen LogP contribution < -0.4 is 14.5 Å². The molecule has 0 saturated heterocycles. The number of pyridine rings is 1. The average molecular weight is 625 g/mol. The van der Waals surface area contributed by atoms with E-state index < -0.39 is 23.5 Å². The van der Waals surface area contributed by atoms with Gasteiger partial charge < -0.3 is 9.84 Å². The smallest absolute Gasteiger partial charge is 0.416 e. The molecule has 0 bridgehead atoms. The van der Waals surface area contributed by atoms with E-state index in [9.17, 15) is 22.7 Å². The van der Waals surface area contributed by atoms with Gasteiger partial charge in [-0.1, -0.05) is 54.6 Å². The highest BCUT2D eigenvalue weighted by Crippen LogP contribution is 2.31. The van der Waals surface area contributed by atoms with Crippen molar-refractivity contribution < 1.29 is 32.1 Å². The number of aromatic nitrogens is 3. The van der Waals surface area contributed by atoms with Gasteiger partial charge in [0.25, 0.3) is 0 Å². The van der Waals surface area contributed by atoms with Crippen LogP contribution in [-0.4, -0.2) is 15.6 Å². The van der Waals surface area contributed by atoms with Crippen LogP contribution in [0.25, 0.3) is 22.5 Å². The van der Waals surface area contributed by atoms with Crippen molar-refractivity contribution in [3.05, 3.63) is 151 Å². The van der Waals surface area contributed by atoms with Crippen molar-refractivity contribution in [3.63, 3.8) is 0 Å². The Labute approximate surface area is 263 Å². The molecular formula is C36H28F4N4O2. The number of benzene rings is 4. The van der Waals surface area contributed by atoms with E-state index in [0.29, 0.717) is 0 Å². The predicted octanol–water partition coefficient (Wildman–Crippen LogP) is 7.65. The van der Waals surface area contributed by atoms with Gasteiger partial charge in [-0.25, -0.2) is 9.37 Å². The molecule has 232 valence electrons. The summed E-state index contributed by atoms with van der Waals surface area (Å²) in [6.07, 6.45) is -4.44. The minimum absolute atomic E-state index is 0.0231. The van der Waals surface area contributed by atoms with Gasteiger partial charge in [-0.05, 0) is 66.7 Å². The standard InChI is InChI=1S/C19H12F4N2O2.C17H17N2/c20-13-6-8-14(9-7-13)24-18(26)16-2-1-3-17(25-16)27-15-10-4-12(5-11-15)19(21,22)23;1-18-16(14-9-5-3-6-10-14)13-17(19(18)2)15-11-7-4-8-12-15/h1-11H,(H,24,26);3-13H,1-2H3/q;+1/p-1. The van der Waals surface area contributed by atoms with E-state index in [2.05, 4.69) is 88.0 Å². The van der Waals surface area contributed by atoms with E-state index in [1.807, 2.05) is 12.1 Å². The molecule has 0 fully saturated rings. The number of hydrogen-bond donors (Lipinski definition) is 0. The summed E-state index contributed by atoms with van der Waals surface area (Å²) in [5.41, 5.74) is 4.36. The number of alkyl halides is 3. The molecule has 0 amide bonds. The first-order chi connectivity index (χ1) is 22.1. The van der Waals surface area contributed by atoms with Gasteiger partial charge in [-0.2, -0.15) is 17.9 Å². The summed E-state index contributed by atoms with van der Waals surface area (Å²) in [7, 11) is 4.18. The molecule has 0 aliphatic heterocycles. The van der Waals surface area contributed by atoms with Crippen molar-refractivity contribution >= 4 is 11.6 Å². The number of rotatable bonds is 6. The Morgan fingerprint density at radius 2 is 1.39 bits per heavy atom. The van der Waals surface area contributed by atoms with E-state index in [1.165, 1.54) is 65.0 Å². The third-order valence-corrected chi connectivity index (χ3v) is 6.96. The van der Waals surface area contributed by atoms with Crippen LogP contribution >= 0.6 is 0 Å². The van der Waals surface area contributed by atoms with Crippen molar-refractivity contribution in [2.45, 2.75) is 6.18 Å². The normalized spacial score (nSPS) is 11.5. The molecule has 6 nitrogen and oxygen atoms in total. The van der Waals surface area contributed by atoms with Crippen LogP contribution in [0.1, 0.15) is 11.3 Å². The molecule has 46 heavy (non-hydrogen) atoms. The average Bonchev–Trinajstić information content (AvgIpc) is 3.36. The lowest BCUT2D eigenvalue weighted by Gasteiger charge is -2.12. The highest BCUT2D eigenvalue weighted by Gasteiger charge is 2.30. The Morgan fingerprint density at radius 1 is 0.783 bits per heavy atom. The summed E-state index contributed by atoms with van der Waals surface area (Å²) in [6, 6.07) is 36.7. The topological polar surface area (TPSA) is 66.3 Å². The van der Waals surface area contributed by atoms with E-state index in [4.69, 9.17) is 4.74 Å². The molecule has 2 aromatic heterocycles. The van der Waals surface area contributed by atoms with E-state index in [-0.39, 0.29) is 23.0 Å². The van der Waals surface area contributed by atoms with Gasteiger partial charge in [0.2, 0.25) is 11.6 Å². The van der Waals surface area contributed by atoms with Crippen molar-refractivity contribution in [2.75, 3.05) is 0 Å². The number of ether oxygens (including phenoxy) is 1. The van der Waals surface area contributed by atoms with Crippen molar-refractivity contribution in [3.8, 4) is 34.1 Å². The number of nitrogens with zero attached hydrogens (tertiary/aromatic N) is 4. The molecule has 0 N–H and O–H groups in total. The third-order valence-electron chi connectivity index (χ3n) is 6.96. The lowest BCUT2D eigenvalue weighted by atomic mass is 10.1. The summed E-state index contributed by atoms with van der Waals surface area (Å²) in [4.78, 5) is 7.80. The second kappa shape index (κ2) is 13.9. The molecule has 2 heterocycles. The second-order valence-corrected chi connectivity index (χ2v) is 10.1. The first kappa shape index (κ1) is 31.6. The molecule has 4 aromatic carbocycles. The van der Waals surface area contributed by atoms with Crippen LogP contribution in [0.15, 0.2) is 138 Å². The van der Waals surface area contributed by atoms with Crippen LogP contribution in [0.4, 0.5) is 23.2 Å². The molecular weight excluding hydrogens is 596 g/mol. The maximum Gasteiger partial charge on any atom is 0.416 e. The van der Waals surface area contributed by atoms with Gasteiger partial charge >= 0.3 is 6.18 Å². The van der Waals surface area contributed by atoms with E-state index in [1.54, 1.807) is 0 Å². The largest absolute Gasteiger partial charge is 0.857 e.